The standard InChI is InChI=1S/C5H9NO3/c1-2-9-5(8)4(7)3-6/h2-3,6H2,1H3. The van der Waals surface area contributed by atoms with E-state index >= 15 is 0 Å². The summed E-state index contributed by atoms with van der Waals surface area (Å²) >= 11 is 0. The van der Waals surface area contributed by atoms with Crippen molar-refractivity contribution in [2.45, 2.75) is 6.92 Å². The molecule has 0 radical (unpaired) electrons. The zero-order chi connectivity index (χ0) is 7.28. The Morgan fingerprint density at radius 3 is 2.44 bits per heavy atom. The Balaban J connectivity index is 3.60. The molecule has 0 saturated heterocycles. The zero-order valence-corrected chi connectivity index (χ0v) is 5.22. The molecule has 0 rings (SSSR count). The summed E-state index contributed by atoms with van der Waals surface area (Å²) in [5.74, 6) is -1.53. The predicted octanol–water partition coefficient (Wildman–Crippen LogP) is -0.923. The molecule has 0 aromatic rings. The van der Waals surface area contributed by atoms with Crippen molar-refractivity contribution in [3.63, 3.8) is 0 Å². The maximum absolute atomic E-state index is 10.3. The molecule has 52 valence electrons. The fraction of sp³-hybridized carbons (Fsp3) is 0.600. The molecule has 0 aliphatic rings. The average molecular weight is 131 g/mol. The van der Waals surface area contributed by atoms with Crippen molar-refractivity contribution >= 4 is 11.8 Å². The van der Waals surface area contributed by atoms with Gasteiger partial charge in [-0.25, -0.2) is 4.79 Å². The number of Topliss-reactive ketones (excluding diaryl/α,β-unsaturated/α-hetero) is 1. The molecule has 0 bridgehead atoms. The second-order valence-electron chi connectivity index (χ2n) is 1.35. The van der Waals surface area contributed by atoms with Crippen LogP contribution >= 0.6 is 0 Å². The van der Waals surface area contributed by atoms with Gasteiger partial charge in [0.25, 0.3) is 5.78 Å². The third-order valence-corrected chi connectivity index (χ3v) is 0.688. The monoisotopic (exact) mass is 131 g/mol. The number of carbonyl (C=O) groups is 2. The lowest BCUT2D eigenvalue weighted by atomic mass is 10.4. The van der Waals surface area contributed by atoms with Crippen LogP contribution in [0.5, 0.6) is 0 Å². The summed E-state index contributed by atoms with van der Waals surface area (Å²) in [5, 5.41) is 0. The Morgan fingerprint density at radius 1 is 1.56 bits per heavy atom. The molecule has 0 saturated carbocycles. The first-order valence-corrected chi connectivity index (χ1v) is 2.62. The van der Waals surface area contributed by atoms with Crippen LogP contribution in [0.25, 0.3) is 0 Å². The summed E-state index contributed by atoms with van der Waals surface area (Å²) < 4.78 is 4.33. The molecule has 0 amide bonds. The van der Waals surface area contributed by atoms with Gasteiger partial charge in [0.2, 0.25) is 0 Å². The highest BCUT2D eigenvalue weighted by Gasteiger charge is 2.10. The van der Waals surface area contributed by atoms with Gasteiger partial charge in [-0.3, -0.25) is 4.79 Å². The van der Waals surface area contributed by atoms with E-state index in [0.29, 0.717) is 0 Å². The van der Waals surface area contributed by atoms with Crippen LogP contribution in [0.15, 0.2) is 0 Å². The van der Waals surface area contributed by atoms with Gasteiger partial charge in [0.05, 0.1) is 13.2 Å². The summed E-state index contributed by atoms with van der Waals surface area (Å²) in [4.78, 5) is 20.6. The molecule has 0 atom stereocenters. The van der Waals surface area contributed by atoms with Crippen LogP contribution in [0.3, 0.4) is 0 Å². The van der Waals surface area contributed by atoms with Gasteiger partial charge in [-0.2, -0.15) is 0 Å². The summed E-state index contributed by atoms with van der Waals surface area (Å²) in [6.07, 6.45) is 0. The molecule has 0 unspecified atom stereocenters. The molecule has 0 aromatic carbocycles. The molecule has 4 nitrogen and oxygen atoms in total. The number of hydrogen-bond acceptors (Lipinski definition) is 4. The molecule has 0 fully saturated rings. The van der Waals surface area contributed by atoms with E-state index in [1.54, 1.807) is 6.92 Å². The average Bonchev–Trinajstić information content (AvgIpc) is 1.87. The molecule has 0 spiro atoms. The maximum Gasteiger partial charge on any atom is 0.375 e. The van der Waals surface area contributed by atoms with Crippen molar-refractivity contribution in [3.05, 3.63) is 0 Å². The molecule has 9 heavy (non-hydrogen) atoms. The molecule has 0 aliphatic heterocycles. The van der Waals surface area contributed by atoms with Crippen LogP contribution in [0, 0.1) is 0 Å². The van der Waals surface area contributed by atoms with Crippen molar-refractivity contribution in [2.75, 3.05) is 13.2 Å². The first-order valence-electron chi connectivity index (χ1n) is 2.62. The minimum atomic E-state index is -0.847. The number of carbonyl (C=O) groups excluding carboxylic acids is 2. The van der Waals surface area contributed by atoms with Crippen molar-refractivity contribution < 1.29 is 14.3 Å². The van der Waals surface area contributed by atoms with Crippen molar-refractivity contribution in [2.24, 2.45) is 5.73 Å². The smallest absolute Gasteiger partial charge is 0.375 e. The quantitative estimate of drug-likeness (QED) is 0.397. The van der Waals surface area contributed by atoms with Gasteiger partial charge in [0, 0.05) is 0 Å². The topological polar surface area (TPSA) is 69.4 Å². The van der Waals surface area contributed by atoms with Gasteiger partial charge in [-0.15, -0.1) is 0 Å². The van der Waals surface area contributed by atoms with Crippen LogP contribution in [-0.2, 0) is 14.3 Å². The van der Waals surface area contributed by atoms with Crippen LogP contribution in [0.2, 0.25) is 0 Å². The number of nitrogens with two attached hydrogens (primary N) is 1. The third-order valence-electron chi connectivity index (χ3n) is 0.688. The number of esters is 1. The van der Waals surface area contributed by atoms with Crippen molar-refractivity contribution in [3.8, 4) is 0 Å². The van der Waals surface area contributed by atoms with Gasteiger partial charge in [-0.1, -0.05) is 0 Å². The number of ketones is 1. The van der Waals surface area contributed by atoms with Crippen molar-refractivity contribution in [1.82, 2.24) is 0 Å². The summed E-state index contributed by atoms with van der Waals surface area (Å²) in [6, 6.07) is 0. The van der Waals surface area contributed by atoms with E-state index in [2.05, 4.69) is 4.74 Å². The van der Waals surface area contributed by atoms with E-state index in [4.69, 9.17) is 5.73 Å². The van der Waals surface area contributed by atoms with Gasteiger partial charge >= 0.3 is 5.97 Å². The van der Waals surface area contributed by atoms with E-state index in [0.717, 1.165) is 0 Å². The molecular weight excluding hydrogens is 122 g/mol. The van der Waals surface area contributed by atoms with E-state index in [-0.39, 0.29) is 13.2 Å². The fourth-order valence-corrected chi connectivity index (χ4v) is 0.295. The number of ether oxygens (including phenoxy) is 1. The van der Waals surface area contributed by atoms with Crippen LogP contribution in [0.1, 0.15) is 6.92 Å². The normalized spacial score (nSPS) is 8.67. The lowest BCUT2D eigenvalue weighted by molar-refractivity contribution is -0.152. The van der Waals surface area contributed by atoms with Crippen LogP contribution in [0.4, 0.5) is 0 Å². The van der Waals surface area contributed by atoms with Crippen LogP contribution < -0.4 is 5.73 Å². The van der Waals surface area contributed by atoms with E-state index < -0.39 is 11.8 Å². The van der Waals surface area contributed by atoms with E-state index in [1.807, 2.05) is 0 Å². The van der Waals surface area contributed by atoms with E-state index in [9.17, 15) is 9.59 Å². The highest BCUT2D eigenvalue weighted by atomic mass is 16.5. The highest BCUT2D eigenvalue weighted by molar-refractivity contribution is 6.34. The Hall–Kier alpha value is -0.900. The Morgan fingerprint density at radius 2 is 2.11 bits per heavy atom. The second kappa shape index (κ2) is 4.03. The van der Waals surface area contributed by atoms with Gasteiger partial charge in [0.1, 0.15) is 0 Å². The Kier molecular flexibility index (Phi) is 3.62. The molecule has 0 aromatic heterocycles. The second-order valence-corrected chi connectivity index (χ2v) is 1.35. The number of rotatable bonds is 3. The summed E-state index contributed by atoms with van der Waals surface area (Å²) in [7, 11) is 0. The largest absolute Gasteiger partial charge is 0.460 e. The Labute approximate surface area is 53.0 Å². The minimum absolute atomic E-state index is 0.213. The van der Waals surface area contributed by atoms with Crippen molar-refractivity contribution in [1.29, 1.82) is 0 Å². The van der Waals surface area contributed by atoms with Gasteiger partial charge < -0.3 is 10.5 Å². The lowest BCUT2D eigenvalue weighted by Crippen LogP contribution is -2.25. The molecular formula is C5H9NO3. The predicted molar refractivity (Wildman–Crippen MR) is 30.7 cm³/mol. The third kappa shape index (κ3) is 2.81. The van der Waals surface area contributed by atoms with E-state index in [1.165, 1.54) is 0 Å². The lowest BCUT2D eigenvalue weighted by Gasteiger charge is -1.95. The SMILES string of the molecule is CCOC(=O)C(=O)CN. The van der Waals surface area contributed by atoms with Crippen LogP contribution in [-0.4, -0.2) is 24.9 Å². The maximum atomic E-state index is 10.3. The minimum Gasteiger partial charge on any atom is -0.460 e. The van der Waals surface area contributed by atoms with Gasteiger partial charge in [-0.05, 0) is 6.92 Å². The van der Waals surface area contributed by atoms with Gasteiger partial charge in [0.15, 0.2) is 0 Å². The Bertz CT molecular complexity index is 121. The zero-order valence-electron chi connectivity index (χ0n) is 5.22. The fourth-order valence-electron chi connectivity index (χ4n) is 0.295. The first-order chi connectivity index (χ1) is 4.22. The molecule has 0 heterocycles. The summed E-state index contributed by atoms with van der Waals surface area (Å²) in [6.45, 7) is 1.56. The summed E-state index contributed by atoms with van der Waals surface area (Å²) in [5.41, 5.74) is 4.85. The molecule has 0 aliphatic carbocycles. The molecule has 4 heteroatoms. The highest BCUT2D eigenvalue weighted by Crippen LogP contribution is 1.77. The number of hydrogen-bond donors (Lipinski definition) is 1. The first kappa shape index (κ1) is 8.10. The molecule has 2 N–H and O–H groups in total.